The monoisotopic (exact) mass is 323 g/mol. The van der Waals surface area contributed by atoms with Gasteiger partial charge in [0.05, 0.1) is 24.1 Å². The average Bonchev–Trinajstić information content (AvgIpc) is 2.80. The van der Waals surface area contributed by atoms with Crippen LogP contribution in [0, 0.1) is 6.92 Å². The molecular formula is C14H17N3O4S. The van der Waals surface area contributed by atoms with Crippen LogP contribution < -0.4 is 4.72 Å². The SMILES string of the molecule is CCOC(=O)c1ccc(NS(=O)(=O)c2cnn(C)c2C)cc1. The molecule has 0 unspecified atom stereocenters. The summed E-state index contributed by atoms with van der Waals surface area (Å²) < 4.78 is 33.4. The first-order chi connectivity index (χ1) is 10.3. The molecule has 2 rings (SSSR count). The second kappa shape index (κ2) is 6.18. The van der Waals surface area contributed by atoms with E-state index in [0.29, 0.717) is 16.9 Å². The normalized spacial score (nSPS) is 11.2. The zero-order valence-corrected chi connectivity index (χ0v) is 13.3. The van der Waals surface area contributed by atoms with Crippen LogP contribution in [0.5, 0.6) is 0 Å². The van der Waals surface area contributed by atoms with Gasteiger partial charge in [-0.1, -0.05) is 0 Å². The molecule has 1 N–H and O–H groups in total. The molecule has 0 spiro atoms. The first-order valence-electron chi connectivity index (χ1n) is 6.63. The number of hydrogen-bond acceptors (Lipinski definition) is 5. The van der Waals surface area contributed by atoms with Gasteiger partial charge in [-0.25, -0.2) is 13.2 Å². The summed E-state index contributed by atoms with van der Waals surface area (Å²) in [5.41, 5.74) is 1.26. The van der Waals surface area contributed by atoms with E-state index in [0.717, 1.165) is 0 Å². The van der Waals surface area contributed by atoms with Crippen LogP contribution >= 0.6 is 0 Å². The Morgan fingerprint density at radius 3 is 2.45 bits per heavy atom. The van der Waals surface area contributed by atoms with Crippen molar-refractivity contribution in [1.82, 2.24) is 9.78 Å². The van der Waals surface area contributed by atoms with Crippen molar-refractivity contribution in [3.05, 3.63) is 41.7 Å². The minimum absolute atomic E-state index is 0.115. The molecule has 0 saturated carbocycles. The Morgan fingerprint density at radius 2 is 1.95 bits per heavy atom. The van der Waals surface area contributed by atoms with Crippen molar-refractivity contribution < 1.29 is 17.9 Å². The molecule has 1 aromatic carbocycles. The number of nitrogens with one attached hydrogen (secondary N) is 1. The van der Waals surface area contributed by atoms with Crippen LogP contribution in [0.15, 0.2) is 35.4 Å². The van der Waals surface area contributed by atoms with Crippen molar-refractivity contribution in [3.63, 3.8) is 0 Å². The minimum atomic E-state index is -3.72. The van der Waals surface area contributed by atoms with Crippen molar-refractivity contribution in [2.24, 2.45) is 7.05 Å². The Labute approximate surface area is 129 Å². The van der Waals surface area contributed by atoms with Gasteiger partial charge in [-0.05, 0) is 38.1 Å². The summed E-state index contributed by atoms with van der Waals surface area (Å²) in [5, 5.41) is 3.92. The Balaban J connectivity index is 2.20. The zero-order valence-electron chi connectivity index (χ0n) is 12.5. The highest BCUT2D eigenvalue weighted by atomic mass is 32.2. The van der Waals surface area contributed by atoms with Crippen LogP contribution in [0.2, 0.25) is 0 Å². The number of hydrogen-bond donors (Lipinski definition) is 1. The summed E-state index contributed by atoms with van der Waals surface area (Å²) >= 11 is 0. The molecule has 0 saturated heterocycles. The minimum Gasteiger partial charge on any atom is -0.462 e. The summed E-state index contributed by atoms with van der Waals surface area (Å²) in [6.07, 6.45) is 1.30. The fourth-order valence-corrected chi connectivity index (χ4v) is 3.10. The molecule has 1 aromatic heterocycles. The molecule has 0 radical (unpaired) electrons. The van der Waals surface area contributed by atoms with E-state index in [1.165, 1.54) is 35.1 Å². The summed E-state index contributed by atoms with van der Waals surface area (Å²) in [4.78, 5) is 11.7. The van der Waals surface area contributed by atoms with Crippen LogP contribution in [0.1, 0.15) is 23.0 Å². The number of sulfonamides is 1. The maximum Gasteiger partial charge on any atom is 0.338 e. The smallest absolute Gasteiger partial charge is 0.338 e. The highest BCUT2D eigenvalue weighted by molar-refractivity contribution is 7.92. The second-order valence-corrected chi connectivity index (χ2v) is 6.27. The number of esters is 1. The van der Waals surface area contributed by atoms with Crippen LogP contribution in [-0.2, 0) is 21.8 Å². The van der Waals surface area contributed by atoms with Gasteiger partial charge in [-0.3, -0.25) is 9.40 Å². The van der Waals surface area contributed by atoms with Gasteiger partial charge >= 0.3 is 5.97 Å². The highest BCUT2D eigenvalue weighted by Gasteiger charge is 2.20. The van der Waals surface area contributed by atoms with Crippen molar-refractivity contribution in [2.75, 3.05) is 11.3 Å². The molecule has 22 heavy (non-hydrogen) atoms. The number of benzene rings is 1. The summed E-state index contributed by atoms with van der Waals surface area (Å²) in [6, 6.07) is 6.03. The van der Waals surface area contributed by atoms with Gasteiger partial charge in [0.15, 0.2) is 0 Å². The first-order valence-corrected chi connectivity index (χ1v) is 8.12. The van der Waals surface area contributed by atoms with E-state index in [4.69, 9.17) is 4.74 Å². The molecule has 0 aliphatic carbocycles. The third-order valence-electron chi connectivity index (χ3n) is 3.13. The number of rotatable bonds is 5. The lowest BCUT2D eigenvalue weighted by molar-refractivity contribution is 0.0526. The van der Waals surface area contributed by atoms with Gasteiger partial charge in [-0.2, -0.15) is 5.10 Å². The van der Waals surface area contributed by atoms with Gasteiger partial charge in [0.2, 0.25) is 0 Å². The molecule has 2 aromatic rings. The highest BCUT2D eigenvalue weighted by Crippen LogP contribution is 2.19. The van der Waals surface area contributed by atoms with Crippen LogP contribution in [-0.4, -0.2) is 30.8 Å². The Bertz CT molecular complexity index is 779. The van der Waals surface area contributed by atoms with E-state index in [2.05, 4.69) is 9.82 Å². The summed E-state index contributed by atoms with van der Waals surface area (Å²) in [6.45, 7) is 3.68. The first kappa shape index (κ1) is 16.0. The number of aryl methyl sites for hydroxylation is 1. The van der Waals surface area contributed by atoms with Crippen molar-refractivity contribution in [3.8, 4) is 0 Å². The lowest BCUT2D eigenvalue weighted by Gasteiger charge is -2.08. The van der Waals surface area contributed by atoms with Crippen molar-refractivity contribution in [1.29, 1.82) is 0 Å². The zero-order chi connectivity index (χ0) is 16.3. The number of nitrogens with zero attached hydrogens (tertiary/aromatic N) is 2. The summed E-state index contributed by atoms with van der Waals surface area (Å²) in [5.74, 6) is -0.444. The van der Waals surface area contributed by atoms with E-state index in [-0.39, 0.29) is 11.5 Å². The molecule has 7 nitrogen and oxygen atoms in total. The third-order valence-corrected chi connectivity index (χ3v) is 4.61. The van der Waals surface area contributed by atoms with Gasteiger partial charge in [-0.15, -0.1) is 0 Å². The van der Waals surface area contributed by atoms with Crippen molar-refractivity contribution >= 4 is 21.7 Å². The molecule has 118 valence electrons. The molecule has 0 fully saturated rings. The average molecular weight is 323 g/mol. The predicted octanol–water partition coefficient (Wildman–Crippen LogP) is 1.71. The molecule has 1 heterocycles. The second-order valence-electron chi connectivity index (χ2n) is 4.62. The number of carbonyl (C=O) groups is 1. The fourth-order valence-electron chi connectivity index (χ4n) is 1.84. The maximum absolute atomic E-state index is 12.3. The Hall–Kier alpha value is -2.35. The molecule has 0 aliphatic heterocycles. The van der Waals surface area contributed by atoms with E-state index < -0.39 is 16.0 Å². The van der Waals surface area contributed by atoms with Crippen molar-refractivity contribution in [2.45, 2.75) is 18.7 Å². The maximum atomic E-state index is 12.3. The van der Waals surface area contributed by atoms with Gasteiger partial charge in [0.25, 0.3) is 10.0 Å². The number of carbonyl (C=O) groups excluding carboxylic acids is 1. The van der Waals surface area contributed by atoms with E-state index in [1.54, 1.807) is 20.9 Å². The van der Waals surface area contributed by atoms with Crippen LogP contribution in [0.25, 0.3) is 0 Å². The molecular weight excluding hydrogens is 306 g/mol. The molecule has 0 amide bonds. The Morgan fingerprint density at radius 1 is 1.32 bits per heavy atom. The third kappa shape index (κ3) is 3.28. The van der Waals surface area contributed by atoms with Gasteiger partial charge in [0.1, 0.15) is 4.90 Å². The summed E-state index contributed by atoms with van der Waals surface area (Å²) in [7, 11) is -2.05. The largest absolute Gasteiger partial charge is 0.462 e. The lowest BCUT2D eigenvalue weighted by atomic mass is 10.2. The van der Waals surface area contributed by atoms with E-state index in [1.807, 2.05) is 0 Å². The van der Waals surface area contributed by atoms with E-state index >= 15 is 0 Å². The molecule has 0 aliphatic rings. The predicted molar refractivity (Wildman–Crippen MR) is 81.2 cm³/mol. The van der Waals surface area contributed by atoms with Gasteiger partial charge < -0.3 is 4.74 Å². The number of aromatic nitrogens is 2. The lowest BCUT2D eigenvalue weighted by Crippen LogP contribution is -2.14. The number of anilines is 1. The number of ether oxygens (including phenoxy) is 1. The van der Waals surface area contributed by atoms with Crippen LogP contribution in [0.3, 0.4) is 0 Å². The van der Waals surface area contributed by atoms with Gasteiger partial charge in [0, 0.05) is 12.7 Å². The molecule has 0 atom stereocenters. The van der Waals surface area contributed by atoms with Crippen LogP contribution in [0.4, 0.5) is 5.69 Å². The van der Waals surface area contributed by atoms with E-state index in [9.17, 15) is 13.2 Å². The quantitative estimate of drug-likeness (QED) is 0.846. The molecule has 8 heteroatoms. The topological polar surface area (TPSA) is 90.3 Å². The Kier molecular flexibility index (Phi) is 4.51. The fraction of sp³-hybridized carbons (Fsp3) is 0.286. The standard InChI is InChI=1S/C14H17N3O4S/c1-4-21-14(18)11-5-7-12(8-6-11)16-22(19,20)13-9-15-17(3)10(13)2/h5-9,16H,4H2,1-3H3. The molecule has 0 bridgehead atoms.